The topological polar surface area (TPSA) is 41.1 Å². The molecule has 1 heterocycles. The van der Waals surface area contributed by atoms with Gasteiger partial charge in [-0.25, -0.2) is 4.98 Å². The molecule has 106 valence electrons. The first-order chi connectivity index (χ1) is 9.10. The molecule has 1 saturated carbocycles. The molecule has 19 heavy (non-hydrogen) atoms. The minimum atomic E-state index is 0.647. The maximum atomic E-state index is 4.65. The van der Waals surface area contributed by atoms with Crippen molar-refractivity contribution in [2.24, 2.45) is 5.92 Å². The molecular weight excluding hydrogens is 236 g/mol. The van der Waals surface area contributed by atoms with Crippen LogP contribution in [0.1, 0.15) is 45.2 Å². The van der Waals surface area contributed by atoms with Crippen molar-refractivity contribution in [3.8, 4) is 0 Å². The fraction of sp³-hybridized carbons (Fsp3) is 0.733. The molecule has 0 saturated heterocycles. The van der Waals surface area contributed by atoms with Gasteiger partial charge in [0.05, 0.1) is 0 Å². The van der Waals surface area contributed by atoms with Gasteiger partial charge in [-0.1, -0.05) is 26.7 Å². The molecule has 0 radical (unpaired) electrons. The van der Waals surface area contributed by atoms with E-state index < -0.39 is 0 Å². The van der Waals surface area contributed by atoms with Crippen LogP contribution in [0.4, 0.5) is 11.8 Å². The van der Waals surface area contributed by atoms with Gasteiger partial charge in [0.1, 0.15) is 5.82 Å². The third-order valence-corrected chi connectivity index (χ3v) is 3.69. The van der Waals surface area contributed by atoms with E-state index in [0.717, 1.165) is 24.0 Å². The minimum Gasteiger partial charge on any atom is -0.357 e. The zero-order valence-corrected chi connectivity index (χ0v) is 12.6. The van der Waals surface area contributed by atoms with Crippen molar-refractivity contribution < 1.29 is 0 Å². The Morgan fingerprint density at radius 2 is 2.00 bits per heavy atom. The van der Waals surface area contributed by atoms with Crippen LogP contribution >= 0.6 is 0 Å². The summed E-state index contributed by atoms with van der Waals surface area (Å²) in [6.45, 7) is 7.66. The van der Waals surface area contributed by atoms with Gasteiger partial charge in [-0.3, -0.25) is 0 Å². The van der Waals surface area contributed by atoms with E-state index in [1.165, 1.54) is 25.7 Å². The second kappa shape index (κ2) is 6.22. The monoisotopic (exact) mass is 262 g/mol. The Hall–Kier alpha value is -1.32. The van der Waals surface area contributed by atoms with Gasteiger partial charge in [-0.2, -0.15) is 4.98 Å². The lowest BCUT2D eigenvalue weighted by molar-refractivity contribution is 0.531. The number of aromatic nitrogens is 2. The lowest BCUT2D eigenvalue weighted by atomic mass is 10.1. The first kappa shape index (κ1) is 14.1. The van der Waals surface area contributed by atoms with Crippen LogP contribution in [-0.2, 0) is 0 Å². The highest BCUT2D eigenvalue weighted by Gasteiger charge is 2.24. The van der Waals surface area contributed by atoms with E-state index >= 15 is 0 Å². The summed E-state index contributed by atoms with van der Waals surface area (Å²) in [5.41, 5.74) is 1.03. The van der Waals surface area contributed by atoms with Crippen LogP contribution in [0.15, 0.2) is 6.07 Å². The van der Waals surface area contributed by atoms with Gasteiger partial charge in [-0.05, 0) is 25.7 Å². The van der Waals surface area contributed by atoms with E-state index in [2.05, 4.69) is 40.1 Å². The van der Waals surface area contributed by atoms with Crippen molar-refractivity contribution in [1.82, 2.24) is 9.97 Å². The van der Waals surface area contributed by atoms with E-state index in [1.54, 1.807) is 0 Å². The molecule has 0 aliphatic heterocycles. The predicted molar refractivity (Wildman–Crippen MR) is 80.8 cm³/mol. The summed E-state index contributed by atoms with van der Waals surface area (Å²) in [4.78, 5) is 11.5. The molecule has 1 aromatic rings. The van der Waals surface area contributed by atoms with Crippen molar-refractivity contribution >= 4 is 11.8 Å². The summed E-state index contributed by atoms with van der Waals surface area (Å²) in [5.74, 6) is 2.45. The first-order valence-electron chi connectivity index (χ1n) is 7.40. The number of nitrogens with zero attached hydrogens (tertiary/aromatic N) is 3. The number of aryl methyl sites for hydroxylation is 1. The molecule has 1 aromatic heterocycles. The second-order valence-electron chi connectivity index (χ2n) is 5.93. The summed E-state index contributed by atoms with van der Waals surface area (Å²) in [6, 6.07) is 2.77. The van der Waals surface area contributed by atoms with Crippen LogP contribution in [0.25, 0.3) is 0 Å². The van der Waals surface area contributed by atoms with Gasteiger partial charge < -0.3 is 10.2 Å². The standard InChI is InChI=1S/C15H26N4/c1-11(2)10-19(13-7-5-6-8-13)14-9-12(3)17-15(16-4)18-14/h9,11,13H,5-8,10H2,1-4H3,(H,16,17,18). The third-order valence-electron chi connectivity index (χ3n) is 3.69. The molecule has 1 aliphatic carbocycles. The molecule has 0 atom stereocenters. The highest BCUT2D eigenvalue weighted by atomic mass is 15.2. The Morgan fingerprint density at radius 1 is 1.32 bits per heavy atom. The fourth-order valence-corrected chi connectivity index (χ4v) is 2.85. The number of nitrogens with one attached hydrogen (secondary N) is 1. The summed E-state index contributed by atoms with van der Waals surface area (Å²) in [7, 11) is 1.88. The van der Waals surface area contributed by atoms with Crippen LogP contribution in [0.3, 0.4) is 0 Å². The first-order valence-corrected chi connectivity index (χ1v) is 7.40. The Balaban J connectivity index is 2.28. The normalized spacial score (nSPS) is 16.1. The molecule has 1 fully saturated rings. The second-order valence-corrected chi connectivity index (χ2v) is 5.93. The number of anilines is 2. The molecule has 0 aromatic carbocycles. The molecular formula is C15H26N4. The van der Waals surface area contributed by atoms with Gasteiger partial charge in [0.2, 0.25) is 5.95 Å². The summed E-state index contributed by atoms with van der Waals surface area (Å²) < 4.78 is 0. The highest BCUT2D eigenvalue weighted by Crippen LogP contribution is 2.28. The van der Waals surface area contributed by atoms with Crippen LogP contribution in [-0.4, -0.2) is 29.6 Å². The largest absolute Gasteiger partial charge is 0.357 e. The third kappa shape index (κ3) is 3.58. The maximum Gasteiger partial charge on any atom is 0.224 e. The van der Waals surface area contributed by atoms with E-state index in [0.29, 0.717) is 12.0 Å². The highest BCUT2D eigenvalue weighted by molar-refractivity contribution is 5.45. The van der Waals surface area contributed by atoms with E-state index in [9.17, 15) is 0 Å². The molecule has 0 unspecified atom stereocenters. The summed E-state index contributed by atoms with van der Waals surface area (Å²) in [6.07, 6.45) is 5.29. The van der Waals surface area contributed by atoms with Crippen molar-refractivity contribution in [3.63, 3.8) is 0 Å². The number of rotatable bonds is 5. The van der Waals surface area contributed by atoms with Crippen LogP contribution in [0, 0.1) is 12.8 Å². The maximum absolute atomic E-state index is 4.65. The Kier molecular flexibility index (Phi) is 4.61. The van der Waals surface area contributed by atoms with E-state index in [-0.39, 0.29) is 0 Å². The molecule has 1 aliphatic rings. The van der Waals surface area contributed by atoms with Crippen LogP contribution in [0.2, 0.25) is 0 Å². The zero-order chi connectivity index (χ0) is 13.8. The average Bonchev–Trinajstić information content (AvgIpc) is 2.88. The Labute approximate surface area is 116 Å². The van der Waals surface area contributed by atoms with Gasteiger partial charge in [-0.15, -0.1) is 0 Å². The Morgan fingerprint density at radius 3 is 2.58 bits per heavy atom. The van der Waals surface area contributed by atoms with Crippen molar-refractivity contribution in [3.05, 3.63) is 11.8 Å². The lowest BCUT2D eigenvalue weighted by Crippen LogP contribution is -2.37. The van der Waals surface area contributed by atoms with Gasteiger partial charge >= 0.3 is 0 Å². The van der Waals surface area contributed by atoms with E-state index in [1.807, 2.05) is 14.0 Å². The van der Waals surface area contributed by atoms with Crippen molar-refractivity contribution in [2.45, 2.75) is 52.5 Å². The lowest BCUT2D eigenvalue weighted by Gasteiger charge is -2.32. The van der Waals surface area contributed by atoms with Gasteiger partial charge in [0.25, 0.3) is 0 Å². The fourth-order valence-electron chi connectivity index (χ4n) is 2.85. The number of hydrogen-bond acceptors (Lipinski definition) is 4. The molecule has 2 rings (SSSR count). The van der Waals surface area contributed by atoms with Gasteiger partial charge in [0.15, 0.2) is 0 Å². The average molecular weight is 262 g/mol. The smallest absolute Gasteiger partial charge is 0.224 e. The quantitative estimate of drug-likeness (QED) is 0.884. The summed E-state index contributed by atoms with van der Waals surface area (Å²) in [5, 5.41) is 3.06. The molecule has 0 spiro atoms. The molecule has 4 nitrogen and oxygen atoms in total. The van der Waals surface area contributed by atoms with Crippen LogP contribution < -0.4 is 10.2 Å². The molecule has 0 bridgehead atoms. The van der Waals surface area contributed by atoms with Gasteiger partial charge in [0, 0.05) is 31.4 Å². The predicted octanol–water partition coefficient (Wildman–Crippen LogP) is 3.23. The van der Waals surface area contributed by atoms with Crippen molar-refractivity contribution in [1.29, 1.82) is 0 Å². The zero-order valence-electron chi connectivity index (χ0n) is 12.6. The summed E-state index contributed by atoms with van der Waals surface area (Å²) >= 11 is 0. The Bertz CT molecular complexity index is 411. The molecule has 0 amide bonds. The molecule has 4 heteroatoms. The minimum absolute atomic E-state index is 0.647. The van der Waals surface area contributed by atoms with Crippen molar-refractivity contribution in [2.75, 3.05) is 23.8 Å². The van der Waals surface area contributed by atoms with E-state index in [4.69, 9.17) is 0 Å². The number of hydrogen-bond donors (Lipinski definition) is 1. The SMILES string of the molecule is CNc1nc(C)cc(N(CC(C)C)C2CCCC2)n1. The van der Waals surface area contributed by atoms with Crippen LogP contribution in [0.5, 0.6) is 0 Å². The molecule has 1 N–H and O–H groups in total.